The van der Waals surface area contributed by atoms with Gasteiger partial charge in [0.2, 0.25) is 5.76 Å². The Morgan fingerprint density at radius 3 is 2.68 bits per heavy atom. The van der Waals surface area contributed by atoms with Gasteiger partial charge < -0.3 is 14.2 Å². The monoisotopic (exact) mass is 383 g/mol. The largest absolute Gasteiger partial charge is 0.497 e. The molecule has 4 rings (SSSR count). The smallest absolute Gasteiger partial charge is 0.292 e. The molecule has 0 N–H and O–H groups in total. The summed E-state index contributed by atoms with van der Waals surface area (Å²) in [6.45, 7) is 4.63. The average molecular weight is 383 g/mol. The SMILES string of the molecule is COc1cccc(CN2CCC(c3cc(C(=O)N4CCCCC4)on3)CC2)c1. The fourth-order valence-corrected chi connectivity index (χ4v) is 4.25. The van der Waals surface area contributed by atoms with E-state index in [-0.39, 0.29) is 5.91 Å². The van der Waals surface area contributed by atoms with Gasteiger partial charge in [-0.3, -0.25) is 9.69 Å². The fourth-order valence-electron chi connectivity index (χ4n) is 4.25. The van der Waals surface area contributed by atoms with Gasteiger partial charge in [-0.2, -0.15) is 0 Å². The summed E-state index contributed by atoms with van der Waals surface area (Å²) < 4.78 is 10.7. The Morgan fingerprint density at radius 1 is 1.14 bits per heavy atom. The third kappa shape index (κ3) is 4.38. The summed E-state index contributed by atoms with van der Waals surface area (Å²) >= 11 is 0. The molecule has 0 saturated carbocycles. The van der Waals surface area contributed by atoms with Crippen LogP contribution in [0.2, 0.25) is 0 Å². The number of methoxy groups -OCH3 is 1. The number of piperidine rings is 2. The molecule has 6 nitrogen and oxygen atoms in total. The van der Waals surface area contributed by atoms with Crippen molar-refractivity contribution in [1.82, 2.24) is 15.0 Å². The van der Waals surface area contributed by atoms with Crippen LogP contribution in [-0.4, -0.2) is 54.2 Å². The quantitative estimate of drug-likeness (QED) is 0.788. The average Bonchev–Trinajstić information content (AvgIpc) is 3.25. The number of benzene rings is 1. The summed E-state index contributed by atoms with van der Waals surface area (Å²) in [6, 6.07) is 10.1. The van der Waals surface area contributed by atoms with E-state index in [9.17, 15) is 4.79 Å². The van der Waals surface area contributed by atoms with E-state index in [2.05, 4.69) is 22.2 Å². The van der Waals surface area contributed by atoms with Crippen LogP contribution in [0.4, 0.5) is 0 Å². The molecule has 2 aromatic rings. The molecule has 2 fully saturated rings. The van der Waals surface area contributed by atoms with Crippen LogP contribution in [0.1, 0.15) is 59.8 Å². The first-order valence-electron chi connectivity index (χ1n) is 10.3. The molecule has 2 aliphatic heterocycles. The molecule has 6 heteroatoms. The second-order valence-corrected chi connectivity index (χ2v) is 7.87. The molecule has 0 radical (unpaired) electrons. The molecule has 1 amide bonds. The van der Waals surface area contributed by atoms with Gasteiger partial charge in [-0.25, -0.2) is 0 Å². The highest BCUT2D eigenvalue weighted by atomic mass is 16.5. The van der Waals surface area contributed by atoms with Crippen LogP contribution in [0.3, 0.4) is 0 Å². The topological polar surface area (TPSA) is 58.8 Å². The summed E-state index contributed by atoms with van der Waals surface area (Å²) in [5.74, 6) is 1.67. The van der Waals surface area contributed by atoms with E-state index in [1.165, 1.54) is 12.0 Å². The zero-order valence-corrected chi connectivity index (χ0v) is 16.6. The maximum atomic E-state index is 12.6. The van der Waals surface area contributed by atoms with E-state index in [0.29, 0.717) is 11.7 Å². The molecule has 28 heavy (non-hydrogen) atoms. The van der Waals surface area contributed by atoms with Gasteiger partial charge >= 0.3 is 0 Å². The van der Waals surface area contributed by atoms with E-state index in [0.717, 1.165) is 69.9 Å². The molecule has 2 aliphatic rings. The second kappa shape index (κ2) is 8.78. The molecule has 0 aliphatic carbocycles. The zero-order valence-electron chi connectivity index (χ0n) is 16.6. The Labute approximate surface area is 166 Å². The summed E-state index contributed by atoms with van der Waals surface area (Å²) in [7, 11) is 1.70. The predicted octanol–water partition coefficient (Wildman–Crippen LogP) is 3.69. The van der Waals surface area contributed by atoms with Crippen LogP contribution in [0.15, 0.2) is 34.9 Å². The van der Waals surface area contributed by atoms with Gasteiger partial charge in [-0.15, -0.1) is 0 Å². The lowest BCUT2D eigenvalue weighted by Gasteiger charge is -2.31. The van der Waals surface area contributed by atoms with Gasteiger partial charge in [0, 0.05) is 31.6 Å². The van der Waals surface area contributed by atoms with Crippen LogP contribution in [-0.2, 0) is 6.54 Å². The molecule has 150 valence electrons. The number of likely N-dealkylation sites (tertiary alicyclic amines) is 2. The number of hydrogen-bond donors (Lipinski definition) is 0. The van der Waals surface area contributed by atoms with Crippen molar-refractivity contribution in [2.24, 2.45) is 0 Å². The molecule has 2 saturated heterocycles. The highest BCUT2D eigenvalue weighted by molar-refractivity contribution is 5.91. The Bertz CT molecular complexity index is 790. The molecular formula is C22H29N3O3. The van der Waals surface area contributed by atoms with Gasteiger partial charge in [0.05, 0.1) is 12.8 Å². The Balaban J connectivity index is 1.31. The number of ether oxygens (including phenoxy) is 1. The second-order valence-electron chi connectivity index (χ2n) is 7.87. The van der Waals surface area contributed by atoms with Gasteiger partial charge in [-0.1, -0.05) is 17.3 Å². The molecule has 0 spiro atoms. The van der Waals surface area contributed by atoms with Crippen molar-refractivity contribution in [3.63, 3.8) is 0 Å². The van der Waals surface area contributed by atoms with Gasteiger partial charge in [-0.05, 0) is 62.9 Å². The molecule has 1 aromatic heterocycles. The van der Waals surface area contributed by atoms with Gasteiger partial charge in [0.15, 0.2) is 0 Å². The number of carbonyl (C=O) groups is 1. The van der Waals surface area contributed by atoms with Crippen molar-refractivity contribution >= 4 is 5.91 Å². The van der Waals surface area contributed by atoms with Crippen LogP contribution in [0, 0.1) is 0 Å². The van der Waals surface area contributed by atoms with Crippen LogP contribution >= 0.6 is 0 Å². The minimum absolute atomic E-state index is 0.00564. The predicted molar refractivity (Wildman–Crippen MR) is 107 cm³/mol. The van der Waals surface area contributed by atoms with E-state index >= 15 is 0 Å². The summed E-state index contributed by atoms with van der Waals surface area (Å²) in [5.41, 5.74) is 2.20. The summed E-state index contributed by atoms with van der Waals surface area (Å²) in [5, 5.41) is 4.23. The van der Waals surface area contributed by atoms with E-state index in [1.807, 2.05) is 23.1 Å². The molecule has 0 bridgehead atoms. The van der Waals surface area contributed by atoms with Crippen molar-refractivity contribution < 1.29 is 14.1 Å². The highest BCUT2D eigenvalue weighted by Gasteiger charge is 2.27. The minimum atomic E-state index is -0.00564. The third-order valence-corrected chi connectivity index (χ3v) is 5.93. The Kier molecular flexibility index (Phi) is 5.95. The maximum Gasteiger partial charge on any atom is 0.292 e. The number of amides is 1. The number of aromatic nitrogens is 1. The first-order valence-corrected chi connectivity index (χ1v) is 10.3. The Hall–Kier alpha value is -2.34. The maximum absolute atomic E-state index is 12.6. The first-order chi connectivity index (χ1) is 13.7. The molecule has 1 aromatic carbocycles. The molecule has 0 unspecified atom stereocenters. The van der Waals surface area contributed by atoms with Gasteiger partial charge in [0.1, 0.15) is 5.75 Å². The van der Waals surface area contributed by atoms with Crippen LogP contribution < -0.4 is 4.74 Å². The lowest BCUT2D eigenvalue weighted by molar-refractivity contribution is 0.0682. The number of carbonyl (C=O) groups excluding carboxylic acids is 1. The highest BCUT2D eigenvalue weighted by Crippen LogP contribution is 2.29. The summed E-state index contributed by atoms with van der Waals surface area (Å²) in [4.78, 5) is 16.9. The lowest BCUT2D eigenvalue weighted by Crippen LogP contribution is -2.35. The van der Waals surface area contributed by atoms with Crippen molar-refractivity contribution in [1.29, 1.82) is 0 Å². The first kappa shape index (κ1) is 19.0. The van der Waals surface area contributed by atoms with E-state index in [1.54, 1.807) is 7.11 Å². The number of nitrogens with zero attached hydrogens (tertiary/aromatic N) is 3. The molecular weight excluding hydrogens is 354 g/mol. The van der Waals surface area contributed by atoms with Crippen LogP contribution in [0.5, 0.6) is 5.75 Å². The van der Waals surface area contributed by atoms with E-state index in [4.69, 9.17) is 9.26 Å². The lowest BCUT2D eigenvalue weighted by atomic mass is 9.93. The molecule has 0 atom stereocenters. The third-order valence-electron chi connectivity index (χ3n) is 5.93. The van der Waals surface area contributed by atoms with Crippen molar-refractivity contribution in [2.75, 3.05) is 33.3 Å². The normalized spacial score (nSPS) is 19.0. The Morgan fingerprint density at radius 2 is 1.93 bits per heavy atom. The number of hydrogen-bond acceptors (Lipinski definition) is 5. The van der Waals surface area contributed by atoms with Crippen molar-refractivity contribution in [3.05, 3.63) is 47.3 Å². The standard InChI is InChI=1S/C22H29N3O3/c1-27-19-7-5-6-17(14-19)16-24-12-8-18(9-13-24)20-15-21(28-23-20)22(26)25-10-3-2-4-11-25/h5-7,14-15,18H,2-4,8-13,16H2,1H3. The fraction of sp³-hybridized carbons (Fsp3) is 0.545. The summed E-state index contributed by atoms with van der Waals surface area (Å²) in [6.07, 6.45) is 5.44. The van der Waals surface area contributed by atoms with Gasteiger partial charge in [0.25, 0.3) is 5.91 Å². The van der Waals surface area contributed by atoms with E-state index < -0.39 is 0 Å². The minimum Gasteiger partial charge on any atom is -0.497 e. The van der Waals surface area contributed by atoms with Crippen molar-refractivity contribution in [3.8, 4) is 5.75 Å². The van der Waals surface area contributed by atoms with Crippen LogP contribution in [0.25, 0.3) is 0 Å². The molecule has 3 heterocycles. The number of rotatable bonds is 5. The van der Waals surface area contributed by atoms with Crippen molar-refractivity contribution in [2.45, 2.75) is 44.6 Å². The zero-order chi connectivity index (χ0) is 19.3.